The molecule has 19 heavy (non-hydrogen) atoms. The Hall–Kier alpha value is -0.790. The average molecular weight is 338 g/mol. The molecule has 0 aliphatic carbocycles. The number of aryl methyl sites for hydroxylation is 1. The molecule has 0 N–H and O–H groups in total. The lowest BCUT2D eigenvalue weighted by atomic mass is 9.92. The van der Waals surface area contributed by atoms with Gasteiger partial charge in [-0.25, -0.2) is 0 Å². The highest BCUT2D eigenvalue weighted by molar-refractivity contribution is 9.10. The van der Waals surface area contributed by atoms with Crippen LogP contribution in [0.5, 0.6) is 0 Å². The maximum absolute atomic E-state index is 6.15. The van der Waals surface area contributed by atoms with Crippen LogP contribution in [0.25, 0.3) is 0 Å². The fourth-order valence-corrected chi connectivity index (χ4v) is 2.99. The van der Waals surface area contributed by atoms with Gasteiger partial charge in [0.15, 0.2) is 0 Å². The van der Waals surface area contributed by atoms with Crippen LogP contribution in [0.2, 0.25) is 0 Å². The Morgan fingerprint density at radius 1 is 1.05 bits per heavy atom. The van der Waals surface area contributed by atoms with Crippen molar-refractivity contribution in [2.24, 2.45) is 5.92 Å². The van der Waals surface area contributed by atoms with Crippen molar-refractivity contribution in [3.8, 4) is 0 Å². The summed E-state index contributed by atoms with van der Waals surface area (Å²) in [4.78, 5) is 0. The third-order valence-electron chi connectivity index (χ3n) is 3.40. The van der Waals surface area contributed by atoms with Crippen LogP contribution in [0.3, 0.4) is 0 Å². The molecule has 2 aromatic rings. The van der Waals surface area contributed by atoms with Gasteiger partial charge in [0.2, 0.25) is 0 Å². The summed E-state index contributed by atoms with van der Waals surface area (Å²) in [6, 6.07) is 17.0. The van der Waals surface area contributed by atoms with Gasteiger partial charge in [-0.15, -0.1) is 11.6 Å². The molecule has 2 heteroatoms. The first-order valence-electron chi connectivity index (χ1n) is 6.54. The fraction of sp³-hybridized carbons (Fsp3) is 0.294. The predicted molar refractivity (Wildman–Crippen MR) is 86.9 cm³/mol. The molecule has 100 valence electrons. The number of alkyl halides is 1. The molecule has 1 atom stereocenters. The Morgan fingerprint density at radius 2 is 1.84 bits per heavy atom. The summed E-state index contributed by atoms with van der Waals surface area (Å²) in [7, 11) is 0. The van der Waals surface area contributed by atoms with Gasteiger partial charge in [0.25, 0.3) is 0 Å². The largest absolute Gasteiger partial charge is 0.126 e. The molecule has 2 aromatic carbocycles. The molecule has 0 aliphatic heterocycles. The Labute approximate surface area is 128 Å². The second-order valence-corrected chi connectivity index (χ2v) is 6.21. The number of benzene rings is 2. The molecule has 0 aliphatic rings. The van der Waals surface area contributed by atoms with Gasteiger partial charge < -0.3 is 0 Å². The molecule has 0 spiro atoms. The van der Waals surface area contributed by atoms with Crippen molar-refractivity contribution in [2.45, 2.75) is 19.8 Å². The molecular weight excluding hydrogens is 320 g/mol. The fourth-order valence-electron chi connectivity index (χ4n) is 2.33. The first-order valence-corrected chi connectivity index (χ1v) is 7.86. The van der Waals surface area contributed by atoms with E-state index in [2.05, 4.69) is 71.4 Å². The lowest BCUT2D eigenvalue weighted by molar-refractivity contribution is 0.582. The predicted octanol–water partition coefficient (Wildman–Crippen LogP) is 5.40. The van der Waals surface area contributed by atoms with Crippen LogP contribution >= 0.6 is 27.5 Å². The van der Waals surface area contributed by atoms with E-state index in [4.69, 9.17) is 11.6 Å². The van der Waals surface area contributed by atoms with Gasteiger partial charge in [-0.3, -0.25) is 0 Å². The second-order valence-electron chi connectivity index (χ2n) is 4.98. The highest BCUT2D eigenvalue weighted by atomic mass is 79.9. The molecule has 0 fully saturated rings. The van der Waals surface area contributed by atoms with E-state index in [-0.39, 0.29) is 0 Å². The minimum atomic E-state index is 0.483. The minimum Gasteiger partial charge on any atom is -0.126 e. The zero-order valence-electron chi connectivity index (χ0n) is 11.1. The molecule has 0 bridgehead atoms. The highest BCUT2D eigenvalue weighted by Crippen LogP contribution is 2.20. The van der Waals surface area contributed by atoms with Gasteiger partial charge in [-0.05, 0) is 54.5 Å². The van der Waals surface area contributed by atoms with E-state index in [0.717, 1.165) is 17.3 Å². The van der Waals surface area contributed by atoms with Crippen molar-refractivity contribution >= 4 is 27.5 Å². The minimum absolute atomic E-state index is 0.483. The summed E-state index contributed by atoms with van der Waals surface area (Å²) in [5, 5.41) is 0. The lowest BCUT2D eigenvalue weighted by Gasteiger charge is -2.15. The Bertz CT molecular complexity index is 536. The number of hydrogen-bond donors (Lipinski definition) is 0. The quantitative estimate of drug-likeness (QED) is 0.641. The van der Waals surface area contributed by atoms with Crippen LogP contribution in [0, 0.1) is 12.8 Å². The first-order chi connectivity index (χ1) is 9.19. The van der Waals surface area contributed by atoms with Crippen LogP contribution in [-0.2, 0) is 12.8 Å². The molecule has 0 aromatic heterocycles. The van der Waals surface area contributed by atoms with Crippen LogP contribution in [0.1, 0.15) is 16.7 Å². The van der Waals surface area contributed by atoms with Crippen molar-refractivity contribution in [1.29, 1.82) is 0 Å². The van der Waals surface area contributed by atoms with E-state index < -0.39 is 0 Å². The Morgan fingerprint density at radius 3 is 2.53 bits per heavy atom. The average Bonchev–Trinajstić information content (AvgIpc) is 2.40. The van der Waals surface area contributed by atoms with E-state index in [1.807, 2.05) is 0 Å². The Balaban J connectivity index is 2.07. The number of halogens is 2. The molecule has 0 saturated heterocycles. The van der Waals surface area contributed by atoms with Crippen molar-refractivity contribution in [3.63, 3.8) is 0 Å². The summed E-state index contributed by atoms with van der Waals surface area (Å²) in [5.41, 5.74) is 4.10. The molecular formula is C17H18BrCl. The van der Waals surface area contributed by atoms with Gasteiger partial charge in [0.05, 0.1) is 0 Å². The normalized spacial score (nSPS) is 12.4. The Kier molecular flexibility index (Phi) is 5.47. The van der Waals surface area contributed by atoms with Gasteiger partial charge >= 0.3 is 0 Å². The summed E-state index contributed by atoms with van der Waals surface area (Å²) >= 11 is 9.67. The van der Waals surface area contributed by atoms with Gasteiger partial charge in [-0.2, -0.15) is 0 Å². The van der Waals surface area contributed by atoms with Crippen molar-refractivity contribution in [1.82, 2.24) is 0 Å². The molecule has 0 heterocycles. The van der Waals surface area contributed by atoms with E-state index in [1.54, 1.807) is 0 Å². The zero-order chi connectivity index (χ0) is 13.7. The number of hydrogen-bond acceptors (Lipinski definition) is 0. The van der Waals surface area contributed by atoms with Crippen molar-refractivity contribution < 1.29 is 0 Å². The second kappa shape index (κ2) is 7.12. The maximum Gasteiger partial charge on any atom is 0.0258 e. The van der Waals surface area contributed by atoms with Crippen LogP contribution in [0.15, 0.2) is 53.0 Å². The molecule has 0 amide bonds. The van der Waals surface area contributed by atoms with Crippen molar-refractivity contribution in [3.05, 3.63) is 69.7 Å². The molecule has 0 radical (unpaired) electrons. The monoisotopic (exact) mass is 336 g/mol. The lowest BCUT2D eigenvalue weighted by Crippen LogP contribution is -2.11. The highest BCUT2D eigenvalue weighted by Gasteiger charge is 2.11. The molecule has 0 nitrogen and oxygen atoms in total. The summed E-state index contributed by atoms with van der Waals surface area (Å²) in [5.74, 6) is 1.18. The van der Waals surface area contributed by atoms with Crippen LogP contribution in [0.4, 0.5) is 0 Å². The van der Waals surface area contributed by atoms with E-state index in [1.165, 1.54) is 16.7 Å². The van der Waals surface area contributed by atoms with Crippen LogP contribution in [-0.4, -0.2) is 5.88 Å². The van der Waals surface area contributed by atoms with E-state index in [0.29, 0.717) is 11.8 Å². The third kappa shape index (κ3) is 4.36. The molecule has 1 unspecified atom stereocenters. The smallest absolute Gasteiger partial charge is 0.0258 e. The standard InChI is InChI=1S/C17H18BrCl/c1-13-5-2-3-7-16(13)10-15(12-19)9-14-6-4-8-17(18)11-14/h2-8,11,15H,9-10,12H2,1H3. The zero-order valence-corrected chi connectivity index (χ0v) is 13.4. The molecule has 0 saturated carbocycles. The van der Waals surface area contributed by atoms with Crippen molar-refractivity contribution in [2.75, 3.05) is 5.88 Å². The topological polar surface area (TPSA) is 0 Å². The SMILES string of the molecule is Cc1ccccc1CC(CCl)Cc1cccc(Br)c1. The van der Waals surface area contributed by atoms with E-state index in [9.17, 15) is 0 Å². The van der Waals surface area contributed by atoms with Gasteiger partial charge in [-0.1, -0.05) is 52.3 Å². The summed E-state index contributed by atoms with van der Waals surface area (Å²) in [6.07, 6.45) is 2.07. The third-order valence-corrected chi connectivity index (χ3v) is 4.33. The van der Waals surface area contributed by atoms with Crippen LogP contribution < -0.4 is 0 Å². The number of rotatable bonds is 5. The summed E-state index contributed by atoms with van der Waals surface area (Å²) < 4.78 is 1.13. The summed E-state index contributed by atoms with van der Waals surface area (Å²) in [6.45, 7) is 2.17. The first kappa shape index (κ1) is 14.6. The molecule has 2 rings (SSSR count). The maximum atomic E-state index is 6.15. The van der Waals surface area contributed by atoms with Gasteiger partial charge in [0, 0.05) is 10.4 Å². The van der Waals surface area contributed by atoms with E-state index >= 15 is 0 Å². The van der Waals surface area contributed by atoms with Gasteiger partial charge in [0.1, 0.15) is 0 Å².